The third-order valence-corrected chi connectivity index (χ3v) is 3.06. The number of hydrogen-bond donors (Lipinski definition) is 1. The molecule has 20 heavy (non-hydrogen) atoms. The smallest absolute Gasteiger partial charge is 0.165 e. The SMILES string of the molecule is CC(C)CCCOc1ccc(CNCC(C)C)cc1F. The summed E-state index contributed by atoms with van der Waals surface area (Å²) < 4.78 is 19.4. The Hall–Kier alpha value is -1.09. The highest BCUT2D eigenvalue weighted by atomic mass is 19.1. The Kier molecular flexibility index (Phi) is 7.60. The Balaban J connectivity index is 2.39. The van der Waals surface area contributed by atoms with Gasteiger partial charge in [0.05, 0.1) is 6.61 Å². The van der Waals surface area contributed by atoms with Crippen molar-refractivity contribution < 1.29 is 9.13 Å². The zero-order valence-corrected chi connectivity index (χ0v) is 13.2. The minimum atomic E-state index is -0.265. The molecule has 0 spiro atoms. The third kappa shape index (κ3) is 6.90. The fourth-order valence-electron chi connectivity index (χ4n) is 1.95. The molecule has 0 radical (unpaired) electrons. The average Bonchev–Trinajstić information content (AvgIpc) is 2.36. The van der Waals surface area contributed by atoms with Gasteiger partial charge in [-0.3, -0.25) is 0 Å². The lowest BCUT2D eigenvalue weighted by Gasteiger charge is -2.11. The first-order valence-corrected chi connectivity index (χ1v) is 7.61. The first-order chi connectivity index (χ1) is 9.49. The number of benzene rings is 1. The molecule has 0 aliphatic carbocycles. The second-order valence-electron chi connectivity index (χ2n) is 6.17. The topological polar surface area (TPSA) is 21.3 Å². The van der Waals surface area contributed by atoms with Gasteiger partial charge in [0.1, 0.15) is 0 Å². The molecule has 0 fully saturated rings. The molecule has 1 aromatic rings. The van der Waals surface area contributed by atoms with Crippen LogP contribution in [-0.2, 0) is 6.54 Å². The Morgan fingerprint density at radius 2 is 1.90 bits per heavy atom. The van der Waals surface area contributed by atoms with Gasteiger partial charge in [0.2, 0.25) is 0 Å². The summed E-state index contributed by atoms with van der Waals surface area (Å²) in [4.78, 5) is 0. The zero-order chi connectivity index (χ0) is 15.0. The fraction of sp³-hybridized carbons (Fsp3) is 0.647. The van der Waals surface area contributed by atoms with Crippen LogP contribution >= 0.6 is 0 Å². The molecule has 0 aliphatic rings. The molecule has 0 aliphatic heterocycles. The highest BCUT2D eigenvalue weighted by Gasteiger charge is 2.05. The van der Waals surface area contributed by atoms with Crippen LogP contribution in [0.3, 0.4) is 0 Å². The van der Waals surface area contributed by atoms with Gasteiger partial charge in [-0.2, -0.15) is 0 Å². The monoisotopic (exact) mass is 281 g/mol. The van der Waals surface area contributed by atoms with Crippen molar-refractivity contribution in [2.45, 2.75) is 47.1 Å². The van der Waals surface area contributed by atoms with Crippen LogP contribution < -0.4 is 10.1 Å². The largest absolute Gasteiger partial charge is 0.491 e. The van der Waals surface area contributed by atoms with E-state index < -0.39 is 0 Å². The molecule has 114 valence electrons. The van der Waals surface area contributed by atoms with E-state index in [1.165, 1.54) is 0 Å². The lowest BCUT2D eigenvalue weighted by molar-refractivity contribution is 0.284. The standard InChI is InChI=1S/C17H28FNO/c1-13(2)6-5-9-20-17-8-7-15(10-16(17)18)12-19-11-14(3)4/h7-8,10,13-14,19H,5-6,9,11-12H2,1-4H3. The number of ether oxygens (including phenoxy) is 1. The van der Waals surface area contributed by atoms with Gasteiger partial charge in [-0.1, -0.05) is 33.8 Å². The van der Waals surface area contributed by atoms with Crippen molar-refractivity contribution in [3.63, 3.8) is 0 Å². The van der Waals surface area contributed by atoms with Gasteiger partial charge in [-0.25, -0.2) is 4.39 Å². The van der Waals surface area contributed by atoms with Crippen molar-refractivity contribution in [1.29, 1.82) is 0 Å². The van der Waals surface area contributed by atoms with Crippen molar-refractivity contribution in [2.24, 2.45) is 11.8 Å². The van der Waals surface area contributed by atoms with Gasteiger partial charge < -0.3 is 10.1 Å². The first kappa shape index (κ1) is 17.0. The molecular weight excluding hydrogens is 253 g/mol. The van der Waals surface area contributed by atoms with E-state index in [9.17, 15) is 4.39 Å². The fourth-order valence-corrected chi connectivity index (χ4v) is 1.95. The summed E-state index contributed by atoms with van der Waals surface area (Å²) in [5, 5.41) is 3.31. The third-order valence-electron chi connectivity index (χ3n) is 3.06. The summed E-state index contributed by atoms with van der Waals surface area (Å²) in [6.45, 7) is 10.9. The molecule has 0 bridgehead atoms. The van der Waals surface area contributed by atoms with E-state index in [-0.39, 0.29) is 5.82 Å². The molecule has 1 aromatic carbocycles. The van der Waals surface area contributed by atoms with Crippen molar-refractivity contribution in [3.05, 3.63) is 29.6 Å². The van der Waals surface area contributed by atoms with E-state index in [0.717, 1.165) is 24.9 Å². The van der Waals surface area contributed by atoms with Crippen molar-refractivity contribution in [1.82, 2.24) is 5.32 Å². The van der Waals surface area contributed by atoms with E-state index in [1.807, 2.05) is 6.07 Å². The Labute approximate surface area is 122 Å². The van der Waals surface area contributed by atoms with Crippen molar-refractivity contribution in [3.8, 4) is 5.75 Å². The predicted molar refractivity (Wildman–Crippen MR) is 82.5 cm³/mol. The molecule has 0 saturated carbocycles. The van der Waals surface area contributed by atoms with E-state index in [4.69, 9.17) is 4.74 Å². The van der Waals surface area contributed by atoms with Crippen LogP contribution in [0.15, 0.2) is 18.2 Å². The molecule has 0 amide bonds. The summed E-state index contributed by atoms with van der Waals surface area (Å²) in [7, 11) is 0. The normalized spacial score (nSPS) is 11.3. The second-order valence-corrected chi connectivity index (χ2v) is 6.17. The lowest BCUT2D eigenvalue weighted by atomic mass is 10.1. The summed E-state index contributed by atoms with van der Waals surface area (Å²) in [5.41, 5.74) is 0.956. The van der Waals surface area contributed by atoms with Gasteiger partial charge in [0.15, 0.2) is 11.6 Å². The molecule has 2 nitrogen and oxygen atoms in total. The van der Waals surface area contributed by atoms with E-state index in [0.29, 0.717) is 30.7 Å². The van der Waals surface area contributed by atoms with Crippen LogP contribution in [0.2, 0.25) is 0 Å². The molecule has 1 N–H and O–H groups in total. The van der Waals surface area contributed by atoms with E-state index in [1.54, 1.807) is 12.1 Å². The van der Waals surface area contributed by atoms with Crippen LogP contribution in [-0.4, -0.2) is 13.2 Å². The highest BCUT2D eigenvalue weighted by Crippen LogP contribution is 2.19. The van der Waals surface area contributed by atoms with E-state index in [2.05, 4.69) is 33.0 Å². The predicted octanol–water partition coefficient (Wildman–Crippen LogP) is 4.39. The summed E-state index contributed by atoms with van der Waals surface area (Å²) in [6, 6.07) is 5.22. The zero-order valence-electron chi connectivity index (χ0n) is 13.2. The summed E-state index contributed by atoms with van der Waals surface area (Å²) >= 11 is 0. The molecule has 0 atom stereocenters. The number of nitrogens with one attached hydrogen (secondary N) is 1. The maximum absolute atomic E-state index is 13.9. The number of halogens is 1. The summed E-state index contributed by atoms with van der Waals surface area (Å²) in [6.07, 6.45) is 2.08. The van der Waals surface area contributed by atoms with Gasteiger partial charge >= 0.3 is 0 Å². The Bertz CT molecular complexity index is 391. The average molecular weight is 281 g/mol. The molecule has 0 heterocycles. The van der Waals surface area contributed by atoms with Crippen molar-refractivity contribution >= 4 is 0 Å². The second kappa shape index (κ2) is 8.96. The Morgan fingerprint density at radius 1 is 1.15 bits per heavy atom. The number of rotatable bonds is 9. The Morgan fingerprint density at radius 3 is 2.50 bits per heavy atom. The molecule has 3 heteroatoms. The molecule has 0 unspecified atom stereocenters. The van der Waals surface area contributed by atoms with Crippen molar-refractivity contribution in [2.75, 3.05) is 13.2 Å². The van der Waals surface area contributed by atoms with Crippen LogP contribution in [0.25, 0.3) is 0 Å². The summed E-state index contributed by atoms with van der Waals surface area (Å²) in [5.74, 6) is 1.36. The van der Waals surface area contributed by atoms with Crippen LogP contribution in [0.5, 0.6) is 5.75 Å². The molecule has 1 rings (SSSR count). The van der Waals surface area contributed by atoms with Crippen LogP contribution in [0.1, 0.15) is 46.1 Å². The molecule has 0 aromatic heterocycles. The van der Waals surface area contributed by atoms with Crippen LogP contribution in [0, 0.1) is 17.7 Å². The van der Waals surface area contributed by atoms with Crippen LogP contribution in [0.4, 0.5) is 4.39 Å². The minimum Gasteiger partial charge on any atom is -0.491 e. The quantitative estimate of drug-likeness (QED) is 0.678. The number of hydrogen-bond acceptors (Lipinski definition) is 2. The van der Waals surface area contributed by atoms with E-state index >= 15 is 0 Å². The molecule has 0 saturated heterocycles. The van der Waals surface area contributed by atoms with Gasteiger partial charge in [-0.15, -0.1) is 0 Å². The maximum Gasteiger partial charge on any atom is 0.165 e. The first-order valence-electron chi connectivity index (χ1n) is 7.61. The van der Waals surface area contributed by atoms with Gasteiger partial charge in [0.25, 0.3) is 0 Å². The molecular formula is C17H28FNO. The lowest BCUT2D eigenvalue weighted by Crippen LogP contribution is -2.19. The maximum atomic E-state index is 13.9. The van der Waals surface area contributed by atoms with Gasteiger partial charge in [0, 0.05) is 6.54 Å². The van der Waals surface area contributed by atoms with Gasteiger partial charge in [-0.05, 0) is 48.9 Å². The highest BCUT2D eigenvalue weighted by molar-refractivity contribution is 5.29. The minimum absolute atomic E-state index is 0.265.